The van der Waals surface area contributed by atoms with Gasteiger partial charge in [0.1, 0.15) is 0 Å². The summed E-state index contributed by atoms with van der Waals surface area (Å²) in [5.74, 6) is -0.110. The normalized spacial score (nSPS) is 16.7. The van der Waals surface area contributed by atoms with E-state index in [1.165, 1.54) is 5.56 Å². The van der Waals surface area contributed by atoms with Crippen LogP contribution in [0, 0.1) is 0 Å². The van der Waals surface area contributed by atoms with Gasteiger partial charge in [0.05, 0.1) is 0 Å². The van der Waals surface area contributed by atoms with Crippen molar-refractivity contribution in [1.82, 2.24) is 5.32 Å². The molecule has 0 spiro atoms. The average molecular weight is 356 g/mol. The zero-order chi connectivity index (χ0) is 17.5. The molecule has 1 aliphatic heterocycles. The molecule has 3 nitrogen and oxygen atoms in total. The molecule has 0 unspecified atom stereocenters. The van der Waals surface area contributed by atoms with Crippen LogP contribution < -0.4 is 5.32 Å². The molecule has 130 valence electrons. The van der Waals surface area contributed by atoms with Gasteiger partial charge in [0.25, 0.3) is 0 Å². The molecule has 25 heavy (non-hydrogen) atoms. The molecule has 1 N–H and O–H groups in total. The molecule has 1 aliphatic rings. The lowest BCUT2D eigenvalue weighted by molar-refractivity contribution is -0.116. The topological polar surface area (TPSA) is 38.3 Å². The van der Waals surface area contributed by atoms with Crippen LogP contribution in [-0.4, -0.2) is 25.7 Å². The Kier molecular flexibility index (Phi) is 5.90. The number of hydrogen-bond acceptors (Lipinski definition) is 2. The lowest BCUT2D eigenvalue weighted by atomic mass is 9.74. The second-order valence-electron chi connectivity index (χ2n) is 6.33. The van der Waals surface area contributed by atoms with Gasteiger partial charge in [-0.25, -0.2) is 0 Å². The van der Waals surface area contributed by atoms with Gasteiger partial charge < -0.3 is 10.1 Å². The fourth-order valence-electron chi connectivity index (χ4n) is 3.21. The molecular weight excluding hydrogens is 334 g/mol. The molecular formula is C21H22ClNO2. The molecule has 1 saturated heterocycles. The van der Waals surface area contributed by atoms with Crippen LogP contribution in [0.25, 0.3) is 6.08 Å². The van der Waals surface area contributed by atoms with Gasteiger partial charge in [-0.2, -0.15) is 0 Å². The van der Waals surface area contributed by atoms with Gasteiger partial charge in [-0.05, 0) is 36.1 Å². The highest BCUT2D eigenvalue weighted by Crippen LogP contribution is 2.34. The molecule has 1 heterocycles. The van der Waals surface area contributed by atoms with Crippen LogP contribution in [0.5, 0.6) is 0 Å². The lowest BCUT2D eigenvalue weighted by Gasteiger charge is -2.37. The van der Waals surface area contributed by atoms with Crippen molar-refractivity contribution in [1.29, 1.82) is 0 Å². The number of halogens is 1. The van der Waals surface area contributed by atoms with Gasteiger partial charge >= 0.3 is 0 Å². The largest absolute Gasteiger partial charge is 0.381 e. The SMILES string of the molecule is O=C(/C=C/c1ccccc1Cl)NCC1(c2ccccc2)CCOCC1. The smallest absolute Gasteiger partial charge is 0.244 e. The van der Waals surface area contributed by atoms with Gasteiger partial charge in [-0.1, -0.05) is 60.1 Å². The minimum Gasteiger partial charge on any atom is -0.381 e. The van der Waals surface area contributed by atoms with Gasteiger partial charge in [0.2, 0.25) is 5.91 Å². The number of ether oxygens (including phenoxy) is 1. The van der Waals surface area contributed by atoms with E-state index < -0.39 is 0 Å². The van der Waals surface area contributed by atoms with Crippen LogP contribution in [0.3, 0.4) is 0 Å². The standard InChI is InChI=1S/C21H22ClNO2/c22-19-9-5-4-6-17(19)10-11-20(24)23-16-21(12-14-25-15-13-21)18-7-2-1-3-8-18/h1-11H,12-16H2,(H,23,24)/b11-10+. The molecule has 0 radical (unpaired) electrons. The molecule has 0 aliphatic carbocycles. The molecule has 0 atom stereocenters. The van der Waals surface area contributed by atoms with E-state index >= 15 is 0 Å². The summed E-state index contributed by atoms with van der Waals surface area (Å²) in [6.45, 7) is 2.05. The minimum atomic E-state index is -0.110. The van der Waals surface area contributed by atoms with E-state index in [4.69, 9.17) is 16.3 Å². The van der Waals surface area contributed by atoms with Crippen molar-refractivity contribution in [2.45, 2.75) is 18.3 Å². The zero-order valence-electron chi connectivity index (χ0n) is 14.1. The van der Waals surface area contributed by atoms with E-state index in [0.29, 0.717) is 11.6 Å². The first-order valence-corrected chi connectivity index (χ1v) is 8.91. The van der Waals surface area contributed by atoms with E-state index in [0.717, 1.165) is 31.6 Å². The maximum absolute atomic E-state index is 12.3. The van der Waals surface area contributed by atoms with Gasteiger partial charge in [0, 0.05) is 36.3 Å². The fourth-order valence-corrected chi connectivity index (χ4v) is 3.41. The number of nitrogens with one attached hydrogen (secondary N) is 1. The second kappa shape index (κ2) is 8.32. The maximum Gasteiger partial charge on any atom is 0.244 e. The number of hydrogen-bond donors (Lipinski definition) is 1. The molecule has 3 rings (SSSR count). The number of amides is 1. The molecule has 0 saturated carbocycles. The van der Waals surface area contributed by atoms with Crippen molar-refractivity contribution in [3.63, 3.8) is 0 Å². The summed E-state index contributed by atoms with van der Waals surface area (Å²) >= 11 is 6.11. The van der Waals surface area contributed by atoms with Crippen molar-refractivity contribution >= 4 is 23.6 Å². The molecule has 2 aromatic carbocycles. The van der Waals surface area contributed by atoms with Gasteiger partial charge in [-0.3, -0.25) is 4.79 Å². The summed E-state index contributed by atoms with van der Waals surface area (Å²) in [7, 11) is 0. The van der Waals surface area contributed by atoms with E-state index in [1.807, 2.05) is 42.5 Å². The van der Waals surface area contributed by atoms with Crippen molar-refractivity contribution in [2.75, 3.05) is 19.8 Å². The summed E-state index contributed by atoms with van der Waals surface area (Å²) in [6, 6.07) is 17.8. The molecule has 4 heteroatoms. The van der Waals surface area contributed by atoms with Gasteiger partial charge in [0.15, 0.2) is 0 Å². The number of benzene rings is 2. The van der Waals surface area contributed by atoms with Crippen LogP contribution in [0.4, 0.5) is 0 Å². The quantitative estimate of drug-likeness (QED) is 0.815. The Morgan fingerprint density at radius 3 is 2.48 bits per heavy atom. The Balaban J connectivity index is 1.67. The first kappa shape index (κ1) is 17.7. The Labute approximate surface area is 153 Å². The fraction of sp³-hybridized carbons (Fsp3) is 0.286. The summed E-state index contributed by atoms with van der Waals surface area (Å²) in [5, 5.41) is 3.69. The number of rotatable bonds is 5. The highest BCUT2D eigenvalue weighted by molar-refractivity contribution is 6.32. The van der Waals surface area contributed by atoms with Crippen LogP contribution in [0.1, 0.15) is 24.0 Å². The van der Waals surface area contributed by atoms with E-state index in [-0.39, 0.29) is 11.3 Å². The predicted octanol–water partition coefficient (Wildman–Crippen LogP) is 4.22. The third kappa shape index (κ3) is 4.50. The molecule has 1 amide bonds. The molecule has 0 aromatic heterocycles. The molecule has 2 aromatic rings. The van der Waals surface area contributed by atoms with Crippen LogP contribution in [-0.2, 0) is 14.9 Å². The average Bonchev–Trinajstić information content (AvgIpc) is 2.67. The highest BCUT2D eigenvalue weighted by Gasteiger charge is 2.34. The summed E-state index contributed by atoms with van der Waals surface area (Å²) in [5.41, 5.74) is 2.03. The maximum atomic E-state index is 12.3. The third-order valence-corrected chi connectivity index (χ3v) is 5.10. The van der Waals surface area contributed by atoms with Crippen LogP contribution in [0.2, 0.25) is 5.02 Å². The van der Waals surface area contributed by atoms with Gasteiger partial charge in [-0.15, -0.1) is 0 Å². The van der Waals surface area contributed by atoms with Crippen molar-refractivity contribution in [3.05, 3.63) is 76.8 Å². The van der Waals surface area contributed by atoms with Crippen LogP contribution in [0.15, 0.2) is 60.7 Å². The first-order chi connectivity index (χ1) is 12.2. The Hall–Kier alpha value is -2.10. The Morgan fingerprint density at radius 1 is 1.08 bits per heavy atom. The molecule has 0 bridgehead atoms. The summed E-state index contributed by atoms with van der Waals surface area (Å²) in [4.78, 5) is 12.3. The van der Waals surface area contributed by atoms with E-state index in [1.54, 1.807) is 12.2 Å². The second-order valence-corrected chi connectivity index (χ2v) is 6.74. The summed E-state index contributed by atoms with van der Waals surface area (Å²) in [6.07, 6.45) is 5.10. The lowest BCUT2D eigenvalue weighted by Crippen LogP contribution is -2.44. The minimum absolute atomic E-state index is 0.0621. The highest BCUT2D eigenvalue weighted by atomic mass is 35.5. The summed E-state index contributed by atoms with van der Waals surface area (Å²) < 4.78 is 5.53. The zero-order valence-corrected chi connectivity index (χ0v) is 14.8. The number of carbonyl (C=O) groups is 1. The monoisotopic (exact) mass is 355 g/mol. The van der Waals surface area contributed by atoms with Crippen molar-refractivity contribution < 1.29 is 9.53 Å². The molecule has 1 fully saturated rings. The van der Waals surface area contributed by atoms with E-state index in [9.17, 15) is 4.79 Å². The van der Waals surface area contributed by atoms with Crippen LogP contribution >= 0.6 is 11.6 Å². The van der Waals surface area contributed by atoms with E-state index in [2.05, 4.69) is 17.4 Å². The third-order valence-electron chi connectivity index (χ3n) is 4.76. The number of carbonyl (C=O) groups excluding carboxylic acids is 1. The first-order valence-electron chi connectivity index (χ1n) is 8.53. The van der Waals surface area contributed by atoms with Crippen molar-refractivity contribution in [3.8, 4) is 0 Å². The van der Waals surface area contributed by atoms with Crippen molar-refractivity contribution in [2.24, 2.45) is 0 Å². The Morgan fingerprint density at radius 2 is 1.76 bits per heavy atom. The predicted molar refractivity (Wildman–Crippen MR) is 102 cm³/mol. The Bertz CT molecular complexity index is 737.